The summed E-state index contributed by atoms with van der Waals surface area (Å²) in [5.74, 6) is 0.465. The lowest BCUT2D eigenvalue weighted by atomic mass is 10.1. The standard InChI is InChI=1S/C15H17BrN2O2/c16-12-3-1-2-4-13(12)18-9-11(7-14(18)19)15(20)17-8-10-5-6-10/h1-4,10-11H,5-9H2,(H,17,20)/t11-/m1/s1. The van der Waals surface area contributed by atoms with Crippen molar-refractivity contribution in [2.24, 2.45) is 11.8 Å². The fraction of sp³-hybridized carbons (Fsp3) is 0.467. The van der Waals surface area contributed by atoms with Crippen molar-refractivity contribution < 1.29 is 9.59 Å². The molecule has 1 aromatic carbocycles. The Balaban J connectivity index is 1.65. The summed E-state index contributed by atoms with van der Waals surface area (Å²) in [5.41, 5.74) is 0.843. The third-order valence-corrected chi connectivity index (χ3v) is 4.57. The maximum Gasteiger partial charge on any atom is 0.227 e. The Morgan fingerprint density at radius 1 is 1.35 bits per heavy atom. The number of hydrogen-bond donors (Lipinski definition) is 1. The minimum absolute atomic E-state index is 0.0137. The number of nitrogens with zero attached hydrogens (tertiary/aromatic N) is 1. The second-order valence-corrected chi connectivity index (χ2v) is 6.40. The van der Waals surface area contributed by atoms with Crippen molar-refractivity contribution in [2.45, 2.75) is 19.3 Å². The molecule has 0 aromatic heterocycles. The molecule has 20 heavy (non-hydrogen) atoms. The van der Waals surface area contributed by atoms with E-state index in [1.165, 1.54) is 12.8 Å². The summed E-state index contributed by atoms with van der Waals surface area (Å²) in [6.07, 6.45) is 2.73. The first-order valence-electron chi connectivity index (χ1n) is 6.98. The summed E-state index contributed by atoms with van der Waals surface area (Å²) >= 11 is 3.45. The van der Waals surface area contributed by atoms with Gasteiger partial charge in [0.25, 0.3) is 0 Å². The van der Waals surface area contributed by atoms with Crippen LogP contribution in [0.3, 0.4) is 0 Å². The zero-order valence-electron chi connectivity index (χ0n) is 11.1. The van der Waals surface area contributed by atoms with Gasteiger partial charge in [0.1, 0.15) is 0 Å². The number of hydrogen-bond acceptors (Lipinski definition) is 2. The number of nitrogens with one attached hydrogen (secondary N) is 1. The number of rotatable bonds is 4. The maximum atomic E-state index is 12.1. The summed E-state index contributed by atoms with van der Waals surface area (Å²) in [6, 6.07) is 7.61. The monoisotopic (exact) mass is 336 g/mol. The number of benzene rings is 1. The van der Waals surface area contributed by atoms with Crippen LogP contribution in [0, 0.1) is 11.8 Å². The fourth-order valence-corrected chi connectivity index (χ4v) is 3.00. The molecule has 1 aliphatic carbocycles. The van der Waals surface area contributed by atoms with Crippen LogP contribution in [0.4, 0.5) is 5.69 Å². The van der Waals surface area contributed by atoms with Gasteiger partial charge >= 0.3 is 0 Å². The zero-order chi connectivity index (χ0) is 14.1. The molecule has 1 atom stereocenters. The number of anilines is 1. The summed E-state index contributed by atoms with van der Waals surface area (Å²) in [4.78, 5) is 25.9. The Morgan fingerprint density at radius 3 is 2.80 bits per heavy atom. The van der Waals surface area contributed by atoms with Crippen molar-refractivity contribution in [3.63, 3.8) is 0 Å². The molecule has 1 N–H and O–H groups in total. The van der Waals surface area contributed by atoms with Crippen LogP contribution in [0.25, 0.3) is 0 Å². The molecule has 0 radical (unpaired) electrons. The molecule has 1 heterocycles. The van der Waals surface area contributed by atoms with E-state index in [0.29, 0.717) is 18.9 Å². The average Bonchev–Trinajstić information content (AvgIpc) is 3.19. The predicted octanol–water partition coefficient (Wildman–Crippen LogP) is 2.33. The third-order valence-electron chi connectivity index (χ3n) is 3.90. The van der Waals surface area contributed by atoms with Crippen LogP contribution in [0.5, 0.6) is 0 Å². The van der Waals surface area contributed by atoms with E-state index in [1.807, 2.05) is 24.3 Å². The molecular formula is C15H17BrN2O2. The Hall–Kier alpha value is -1.36. The lowest BCUT2D eigenvalue weighted by molar-refractivity contribution is -0.126. The third kappa shape index (κ3) is 2.87. The highest BCUT2D eigenvalue weighted by Gasteiger charge is 2.36. The van der Waals surface area contributed by atoms with Gasteiger partial charge in [-0.3, -0.25) is 9.59 Å². The highest BCUT2D eigenvalue weighted by atomic mass is 79.9. The molecular weight excluding hydrogens is 320 g/mol. The number of carbonyl (C=O) groups is 2. The predicted molar refractivity (Wildman–Crippen MR) is 80.3 cm³/mol. The van der Waals surface area contributed by atoms with Crippen molar-refractivity contribution in [1.82, 2.24) is 5.32 Å². The quantitative estimate of drug-likeness (QED) is 0.917. The minimum atomic E-state index is -0.228. The molecule has 2 aliphatic rings. The van der Waals surface area contributed by atoms with Crippen LogP contribution < -0.4 is 10.2 Å². The fourth-order valence-electron chi connectivity index (χ4n) is 2.50. The number of halogens is 1. The summed E-state index contributed by atoms with van der Waals surface area (Å²) < 4.78 is 0.882. The Morgan fingerprint density at radius 2 is 2.10 bits per heavy atom. The van der Waals surface area contributed by atoms with Gasteiger partial charge in [0, 0.05) is 24.0 Å². The van der Waals surface area contributed by atoms with Crippen molar-refractivity contribution in [3.05, 3.63) is 28.7 Å². The topological polar surface area (TPSA) is 49.4 Å². The normalized spacial score (nSPS) is 22.1. The van der Waals surface area contributed by atoms with E-state index in [9.17, 15) is 9.59 Å². The van der Waals surface area contributed by atoms with Gasteiger partial charge in [-0.1, -0.05) is 12.1 Å². The van der Waals surface area contributed by atoms with Gasteiger partial charge in [0.15, 0.2) is 0 Å². The largest absolute Gasteiger partial charge is 0.356 e. The first kappa shape index (κ1) is 13.6. The first-order chi connectivity index (χ1) is 9.65. The van der Waals surface area contributed by atoms with Gasteiger partial charge in [-0.2, -0.15) is 0 Å². The number of amides is 2. The molecule has 0 spiro atoms. The number of carbonyl (C=O) groups excluding carboxylic acids is 2. The van der Waals surface area contributed by atoms with Gasteiger partial charge < -0.3 is 10.2 Å². The van der Waals surface area contributed by atoms with E-state index in [-0.39, 0.29) is 17.7 Å². The Labute approximate surface area is 126 Å². The summed E-state index contributed by atoms with van der Waals surface area (Å²) in [7, 11) is 0. The van der Waals surface area contributed by atoms with E-state index < -0.39 is 0 Å². The van der Waals surface area contributed by atoms with Gasteiger partial charge in [-0.15, -0.1) is 0 Å². The molecule has 0 unspecified atom stereocenters. The first-order valence-corrected chi connectivity index (χ1v) is 7.77. The number of para-hydroxylation sites is 1. The molecule has 4 nitrogen and oxygen atoms in total. The van der Waals surface area contributed by atoms with Crippen LogP contribution in [-0.4, -0.2) is 24.9 Å². The molecule has 0 bridgehead atoms. The molecule has 2 fully saturated rings. The Bertz CT molecular complexity index is 542. The molecule has 3 rings (SSSR count). The molecule has 5 heteroatoms. The van der Waals surface area contributed by atoms with Crippen LogP contribution in [-0.2, 0) is 9.59 Å². The van der Waals surface area contributed by atoms with Gasteiger partial charge in [0.05, 0.1) is 11.6 Å². The van der Waals surface area contributed by atoms with Crippen LogP contribution in [0.1, 0.15) is 19.3 Å². The molecule has 1 aliphatic heterocycles. The zero-order valence-corrected chi connectivity index (χ0v) is 12.7. The maximum absolute atomic E-state index is 12.1. The molecule has 1 saturated carbocycles. The van der Waals surface area contributed by atoms with Crippen molar-refractivity contribution in [1.29, 1.82) is 0 Å². The van der Waals surface area contributed by atoms with E-state index >= 15 is 0 Å². The van der Waals surface area contributed by atoms with Gasteiger partial charge in [0.2, 0.25) is 11.8 Å². The Kier molecular flexibility index (Phi) is 3.78. The van der Waals surface area contributed by atoms with E-state index in [2.05, 4.69) is 21.2 Å². The van der Waals surface area contributed by atoms with Crippen molar-refractivity contribution >= 4 is 33.4 Å². The van der Waals surface area contributed by atoms with Crippen molar-refractivity contribution in [2.75, 3.05) is 18.0 Å². The van der Waals surface area contributed by atoms with Crippen molar-refractivity contribution in [3.8, 4) is 0 Å². The second-order valence-electron chi connectivity index (χ2n) is 5.55. The van der Waals surface area contributed by atoms with Gasteiger partial charge in [-0.05, 0) is 46.8 Å². The molecule has 1 saturated heterocycles. The molecule has 1 aromatic rings. The highest BCUT2D eigenvalue weighted by molar-refractivity contribution is 9.10. The summed E-state index contributed by atoms with van der Waals surface area (Å²) in [6.45, 7) is 1.23. The van der Waals surface area contributed by atoms with E-state index in [4.69, 9.17) is 0 Å². The molecule has 106 valence electrons. The van der Waals surface area contributed by atoms with E-state index in [0.717, 1.165) is 16.7 Å². The average molecular weight is 337 g/mol. The smallest absolute Gasteiger partial charge is 0.227 e. The molecule has 2 amide bonds. The van der Waals surface area contributed by atoms with Crippen LogP contribution in [0.2, 0.25) is 0 Å². The second kappa shape index (κ2) is 5.56. The van der Waals surface area contributed by atoms with Gasteiger partial charge in [-0.25, -0.2) is 0 Å². The van der Waals surface area contributed by atoms with E-state index in [1.54, 1.807) is 4.90 Å². The van der Waals surface area contributed by atoms with Crippen LogP contribution >= 0.6 is 15.9 Å². The SMILES string of the molecule is O=C(NCC1CC1)[C@@H]1CC(=O)N(c2ccccc2Br)C1. The highest BCUT2D eigenvalue weighted by Crippen LogP contribution is 2.31. The van der Waals surface area contributed by atoms with Crippen LogP contribution in [0.15, 0.2) is 28.7 Å². The lowest BCUT2D eigenvalue weighted by Gasteiger charge is -2.18. The summed E-state index contributed by atoms with van der Waals surface area (Å²) in [5, 5.41) is 2.96. The minimum Gasteiger partial charge on any atom is -0.356 e. The lowest BCUT2D eigenvalue weighted by Crippen LogP contribution is -2.34.